The van der Waals surface area contributed by atoms with E-state index in [1.165, 1.54) is 0 Å². The quantitative estimate of drug-likeness (QED) is 0.640. The number of hydrogen-bond acceptors (Lipinski definition) is 2. The molecule has 0 amide bonds. The van der Waals surface area contributed by atoms with Gasteiger partial charge < -0.3 is 10.0 Å². The van der Waals surface area contributed by atoms with Gasteiger partial charge in [-0.2, -0.15) is 0 Å². The van der Waals surface area contributed by atoms with Crippen LogP contribution in [0.4, 0.5) is 0 Å². The normalized spacial score (nSPS) is 11.4. The Balaban J connectivity index is 4.48. The number of nitrogens with zero attached hydrogens (tertiary/aromatic N) is 1. The van der Waals surface area contributed by atoms with Crippen LogP contribution in [0.3, 0.4) is 0 Å². The molecule has 12 heavy (non-hydrogen) atoms. The Kier molecular flexibility index (Phi) is 5.17. The van der Waals surface area contributed by atoms with Gasteiger partial charge in [-0.15, -0.1) is 0 Å². The summed E-state index contributed by atoms with van der Waals surface area (Å²) in [5, 5.41) is 8.83. The molecule has 0 saturated carbocycles. The lowest BCUT2D eigenvalue weighted by Crippen LogP contribution is -2.27. The minimum Gasteiger partial charge on any atom is -0.477 e. The van der Waals surface area contributed by atoms with Crippen LogP contribution >= 0.6 is 0 Å². The van der Waals surface area contributed by atoms with E-state index in [9.17, 15) is 4.79 Å². The van der Waals surface area contributed by atoms with Crippen LogP contribution in [0.25, 0.3) is 0 Å². The lowest BCUT2D eigenvalue weighted by Gasteiger charge is -2.20. The zero-order chi connectivity index (χ0) is 9.56. The van der Waals surface area contributed by atoms with Crippen molar-refractivity contribution in [2.45, 2.75) is 27.2 Å². The third-order valence-electron chi connectivity index (χ3n) is 1.72. The second-order valence-electron chi connectivity index (χ2n) is 2.48. The lowest BCUT2D eigenvalue weighted by molar-refractivity contribution is -0.134. The molecule has 0 aliphatic heterocycles. The summed E-state index contributed by atoms with van der Waals surface area (Å²) in [4.78, 5) is 12.6. The van der Waals surface area contributed by atoms with Crippen molar-refractivity contribution in [2.24, 2.45) is 0 Å². The van der Waals surface area contributed by atoms with Gasteiger partial charge in [0.05, 0.1) is 0 Å². The van der Waals surface area contributed by atoms with Crippen molar-refractivity contribution in [1.82, 2.24) is 4.90 Å². The summed E-state index contributed by atoms with van der Waals surface area (Å²) in [6.45, 7) is 7.33. The summed E-state index contributed by atoms with van der Waals surface area (Å²) in [5.74, 6) is -0.833. The molecule has 0 spiro atoms. The van der Waals surface area contributed by atoms with Gasteiger partial charge in [0.2, 0.25) is 0 Å². The molecule has 3 nitrogen and oxygen atoms in total. The lowest BCUT2D eigenvalue weighted by atomic mass is 10.3. The SMILES string of the molecule is CC/C=C(\C(=O)O)N(CC)CC. The first-order chi connectivity index (χ1) is 5.67. The van der Waals surface area contributed by atoms with Crippen LogP contribution in [-0.4, -0.2) is 29.1 Å². The number of rotatable bonds is 5. The Morgan fingerprint density at radius 3 is 2.08 bits per heavy atom. The van der Waals surface area contributed by atoms with E-state index in [1.807, 2.05) is 25.7 Å². The maximum atomic E-state index is 10.7. The van der Waals surface area contributed by atoms with Gasteiger partial charge in [-0.3, -0.25) is 0 Å². The fraction of sp³-hybridized carbons (Fsp3) is 0.667. The summed E-state index contributed by atoms with van der Waals surface area (Å²) < 4.78 is 0. The summed E-state index contributed by atoms with van der Waals surface area (Å²) >= 11 is 0. The van der Waals surface area contributed by atoms with Crippen LogP contribution in [0, 0.1) is 0 Å². The molecule has 0 saturated heterocycles. The van der Waals surface area contributed by atoms with E-state index in [1.54, 1.807) is 6.08 Å². The van der Waals surface area contributed by atoms with Crippen molar-refractivity contribution in [1.29, 1.82) is 0 Å². The number of aliphatic carboxylic acids is 1. The molecule has 0 radical (unpaired) electrons. The van der Waals surface area contributed by atoms with Crippen LogP contribution in [0.1, 0.15) is 27.2 Å². The van der Waals surface area contributed by atoms with Gasteiger partial charge in [-0.1, -0.05) is 13.0 Å². The fourth-order valence-corrected chi connectivity index (χ4v) is 1.11. The molecule has 70 valence electrons. The molecule has 0 heterocycles. The number of carboxylic acid groups (broad SMARTS) is 1. The first-order valence-electron chi connectivity index (χ1n) is 4.35. The maximum Gasteiger partial charge on any atom is 0.351 e. The van der Waals surface area contributed by atoms with E-state index in [0.29, 0.717) is 5.70 Å². The molecule has 1 N–H and O–H groups in total. The van der Waals surface area contributed by atoms with Gasteiger partial charge in [-0.05, 0) is 20.3 Å². The standard InChI is InChI=1S/C9H17NO2/c1-4-7-8(9(11)12)10(5-2)6-3/h7H,4-6H2,1-3H3,(H,11,12)/b8-7+. The minimum atomic E-state index is -0.833. The molecule has 0 aliphatic carbocycles. The predicted molar refractivity (Wildman–Crippen MR) is 48.9 cm³/mol. The molecule has 0 aromatic carbocycles. The van der Waals surface area contributed by atoms with Crippen LogP contribution in [0.5, 0.6) is 0 Å². The van der Waals surface area contributed by atoms with Crippen LogP contribution in [0.15, 0.2) is 11.8 Å². The van der Waals surface area contributed by atoms with Gasteiger partial charge in [0.15, 0.2) is 0 Å². The Bertz CT molecular complexity index is 171. The number of allylic oxidation sites excluding steroid dienone is 1. The van der Waals surface area contributed by atoms with Gasteiger partial charge in [-0.25, -0.2) is 4.79 Å². The number of carboxylic acids is 1. The monoisotopic (exact) mass is 171 g/mol. The zero-order valence-electron chi connectivity index (χ0n) is 8.00. The predicted octanol–water partition coefficient (Wildman–Crippen LogP) is 1.71. The molecule has 3 heteroatoms. The summed E-state index contributed by atoms with van der Waals surface area (Å²) in [7, 11) is 0. The smallest absolute Gasteiger partial charge is 0.351 e. The fourth-order valence-electron chi connectivity index (χ4n) is 1.11. The Morgan fingerprint density at radius 2 is 1.83 bits per heavy atom. The molecular weight excluding hydrogens is 154 g/mol. The summed E-state index contributed by atoms with van der Waals surface area (Å²) in [6.07, 6.45) is 2.51. The number of likely N-dealkylation sites (N-methyl/N-ethyl adjacent to an activating group) is 1. The van der Waals surface area contributed by atoms with E-state index < -0.39 is 5.97 Å². The van der Waals surface area contributed by atoms with Crippen LogP contribution in [0.2, 0.25) is 0 Å². The van der Waals surface area contributed by atoms with E-state index >= 15 is 0 Å². The molecular formula is C9H17NO2. The molecule has 0 aromatic heterocycles. The average Bonchev–Trinajstić information content (AvgIpc) is 2.05. The number of hydrogen-bond donors (Lipinski definition) is 1. The van der Waals surface area contributed by atoms with Crippen molar-refractivity contribution in [3.8, 4) is 0 Å². The highest BCUT2D eigenvalue weighted by atomic mass is 16.4. The Morgan fingerprint density at radius 1 is 1.33 bits per heavy atom. The van der Waals surface area contributed by atoms with Crippen LogP contribution < -0.4 is 0 Å². The molecule has 0 aliphatic rings. The topological polar surface area (TPSA) is 40.5 Å². The van der Waals surface area contributed by atoms with Crippen molar-refractivity contribution in [3.05, 3.63) is 11.8 Å². The number of carbonyl (C=O) groups is 1. The van der Waals surface area contributed by atoms with E-state index in [2.05, 4.69) is 0 Å². The zero-order valence-corrected chi connectivity index (χ0v) is 8.00. The molecule has 0 aromatic rings. The van der Waals surface area contributed by atoms with Crippen molar-refractivity contribution in [3.63, 3.8) is 0 Å². The second kappa shape index (κ2) is 5.63. The largest absolute Gasteiger partial charge is 0.477 e. The molecule has 0 atom stereocenters. The van der Waals surface area contributed by atoms with Gasteiger partial charge >= 0.3 is 5.97 Å². The third kappa shape index (κ3) is 2.95. The van der Waals surface area contributed by atoms with E-state index in [0.717, 1.165) is 19.5 Å². The first kappa shape index (κ1) is 11.0. The minimum absolute atomic E-state index is 0.419. The summed E-state index contributed by atoms with van der Waals surface area (Å²) in [5.41, 5.74) is 0.419. The summed E-state index contributed by atoms with van der Waals surface area (Å²) in [6, 6.07) is 0. The molecule has 0 bridgehead atoms. The second-order valence-corrected chi connectivity index (χ2v) is 2.48. The molecule has 0 rings (SSSR count). The highest BCUT2D eigenvalue weighted by molar-refractivity contribution is 5.85. The van der Waals surface area contributed by atoms with Crippen molar-refractivity contribution >= 4 is 5.97 Å². The van der Waals surface area contributed by atoms with Gasteiger partial charge in [0, 0.05) is 13.1 Å². The van der Waals surface area contributed by atoms with Gasteiger partial charge in [0.1, 0.15) is 5.70 Å². The highest BCUT2D eigenvalue weighted by Gasteiger charge is 2.11. The molecule has 0 fully saturated rings. The van der Waals surface area contributed by atoms with E-state index in [4.69, 9.17) is 5.11 Å². The highest BCUT2D eigenvalue weighted by Crippen LogP contribution is 2.04. The Hall–Kier alpha value is -0.990. The first-order valence-corrected chi connectivity index (χ1v) is 4.35. The van der Waals surface area contributed by atoms with Crippen molar-refractivity contribution in [2.75, 3.05) is 13.1 Å². The van der Waals surface area contributed by atoms with Crippen molar-refractivity contribution < 1.29 is 9.90 Å². The third-order valence-corrected chi connectivity index (χ3v) is 1.72. The molecule has 0 unspecified atom stereocenters. The van der Waals surface area contributed by atoms with E-state index in [-0.39, 0.29) is 0 Å². The van der Waals surface area contributed by atoms with Gasteiger partial charge in [0.25, 0.3) is 0 Å². The van der Waals surface area contributed by atoms with Crippen LogP contribution in [-0.2, 0) is 4.79 Å². The Labute approximate surface area is 73.7 Å². The average molecular weight is 171 g/mol. The maximum absolute atomic E-state index is 10.7.